The molecule has 1 fully saturated rings. The predicted molar refractivity (Wildman–Crippen MR) is 123 cm³/mol. The number of hydrogen-bond acceptors (Lipinski definition) is 8. The lowest BCUT2D eigenvalue weighted by Gasteiger charge is -2.33. The number of rotatable bonds is 6. The van der Waals surface area contributed by atoms with Gasteiger partial charge in [0.25, 0.3) is 0 Å². The molecule has 7 nitrogen and oxygen atoms in total. The Morgan fingerprint density at radius 1 is 1.33 bits per heavy atom. The van der Waals surface area contributed by atoms with E-state index in [4.69, 9.17) is 9.26 Å². The minimum absolute atomic E-state index is 0.248. The van der Waals surface area contributed by atoms with E-state index in [-0.39, 0.29) is 29.7 Å². The van der Waals surface area contributed by atoms with Gasteiger partial charge >= 0.3 is 5.97 Å². The summed E-state index contributed by atoms with van der Waals surface area (Å²) in [6.07, 6.45) is 2.78. The van der Waals surface area contributed by atoms with E-state index in [2.05, 4.69) is 34.3 Å². The van der Waals surface area contributed by atoms with Crippen molar-refractivity contribution in [1.82, 2.24) is 20.4 Å². The average molecular weight is 473 g/mol. The molecular weight excluding hydrogens is 443 g/mol. The summed E-state index contributed by atoms with van der Waals surface area (Å²) < 4.78 is 24.8. The van der Waals surface area contributed by atoms with E-state index in [0.29, 0.717) is 30.1 Å². The van der Waals surface area contributed by atoms with Crippen molar-refractivity contribution in [2.24, 2.45) is 5.92 Å². The fraction of sp³-hybridized carbons (Fsp3) is 0.500. The molecule has 1 N–H and O–H groups in total. The van der Waals surface area contributed by atoms with E-state index in [1.54, 1.807) is 18.3 Å². The minimum atomic E-state index is -0.910. The number of halogens is 1. The van der Waals surface area contributed by atoms with E-state index in [1.165, 1.54) is 23.5 Å². The average Bonchev–Trinajstić information content (AvgIpc) is 3.46. The summed E-state index contributed by atoms with van der Waals surface area (Å²) in [7, 11) is 0. The van der Waals surface area contributed by atoms with Crippen LogP contribution in [0.5, 0.6) is 0 Å². The number of hydrogen-bond donors (Lipinski definition) is 1. The molecule has 1 aliphatic heterocycles. The number of carbonyl (C=O) groups is 1. The minimum Gasteiger partial charge on any atom is -0.459 e. The van der Waals surface area contributed by atoms with Gasteiger partial charge in [-0.05, 0) is 63.8 Å². The Labute approximate surface area is 196 Å². The molecule has 3 aromatic rings. The highest BCUT2D eigenvalue weighted by Crippen LogP contribution is 2.47. The Bertz CT molecular complexity index is 1090. The van der Waals surface area contributed by atoms with Gasteiger partial charge < -0.3 is 9.26 Å². The maximum atomic E-state index is 13.5. The third-order valence-electron chi connectivity index (χ3n) is 5.53. The molecule has 0 saturated carbocycles. The van der Waals surface area contributed by atoms with Gasteiger partial charge in [-0.15, -0.1) is 11.3 Å². The summed E-state index contributed by atoms with van der Waals surface area (Å²) in [6.45, 7) is 9.76. The molecule has 1 aliphatic rings. The maximum absolute atomic E-state index is 13.5. The molecule has 2 aromatic heterocycles. The van der Waals surface area contributed by atoms with Crippen molar-refractivity contribution < 1.29 is 18.4 Å². The summed E-state index contributed by atoms with van der Waals surface area (Å²) in [4.78, 5) is 22.6. The molecule has 0 bridgehead atoms. The third-order valence-corrected chi connectivity index (χ3v) is 6.39. The molecule has 3 atom stereocenters. The molecule has 0 radical (unpaired) electrons. The fourth-order valence-electron chi connectivity index (χ4n) is 4.34. The number of carbonyl (C=O) groups excluding carboxylic acids is 1. The summed E-state index contributed by atoms with van der Waals surface area (Å²) in [5.74, 6) is 0.146. The Morgan fingerprint density at radius 3 is 2.67 bits per heavy atom. The first kappa shape index (κ1) is 23.5. The van der Waals surface area contributed by atoms with Crippen LogP contribution in [0.15, 0.2) is 40.4 Å². The molecule has 33 heavy (non-hydrogen) atoms. The zero-order valence-electron chi connectivity index (χ0n) is 19.5. The molecule has 9 heteroatoms. The van der Waals surface area contributed by atoms with Gasteiger partial charge in [0.2, 0.25) is 11.7 Å². The SMILES string of the molecule is CC(C)C[C@@]1(C(=O)OC(C)(C)C)C[C@H](c2nc(-c3ccc(F)cc3)no2)[C@H](c2nccs2)N1. The first-order valence-corrected chi connectivity index (χ1v) is 11.9. The van der Waals surface area contributed by atoms with Crippen molar-refractivity contribution in [3.63, 3.8) is 0 Å². The smallest absolute Gasteiger partial charge is 0.326 e. The van der Waals surface area contributed by atoms with Gasteiger partial charge in [-0.2, -0.15) is 4.98 Å². The summed E-state index contributed by atoms with van der Waals surface area (Å²) >= 11 is 1.51. The van der Waals surface area contributed by atoms with Gasteiger partial charge in [0.15, 0.2) is 0 Å². The number of nitrogens with one attached hydrogen (secondary N) is 1. The highest BCUT2D eigenvalue weighted by molar-refractivity contribution is 7.09. The van der Waals surface area contributed by atoms with Crippen LogP contribution in [0.1, 0.15) is 70.3 Å². The second kappa shape index (κ2) is 8.95. The van der Waals surface area contributed by atoms with E-state index in [9.17, 15) is 9.18 Å². The second-order valence-electron chi connectivity index (χ2n) is 9.95. The van der Waals surface area contributed by atoms with E-state index >= 15 is 0 Å². The van der Waals surface area contributed by atoms with Crippen LogP contribution in [0, 0.1) is 11.7 Å². The lowest BCUT2D eigenvalue weighted by atomic mass is 9.84. The van der Waals surface area contributed by atoms with Crippen molar-refractivity contribution in [2.45, 2.75) is 70.6 Å². The molecule has 0 aliphatic carbocycles. The molecule has 3 heterocycles. The third kappa shape index (κ3) is 5.14. The monoisotopic (exact) mass is 472 g/mol. The van der Waals surface area contributed by atoms with Gasteiger partial charge in [-0.1, -0.05) is 19.0 Å². The Hall–Kier alpha value is -2.65. The van der Waals surface area contributed by atoms with Crippen molar-refractivity contribution >= 4 is 17.3 Å². The first-order chi connectivity index (χ1) is 15.6. The highest BCUT2D eigenvalue weighted by atomic mass is 32.1. The van der Waals surface area contributed by atoms with Crippen LogP contribution in [0.4, 0.5) is 4.39 Å². The van der Waals surface area contributed by atoms with Crippen molar-refractivity contribution in [3.05, 3.63) is 52.6 Å². The Morgan fingerprint density at radius 2 is 2.06 bits per heavy atom. The van der Waals surface area contributed by atoms with Crippen molar-refractivity contribution in [3.8, 4) is 11.4 Å². The van der Waals surface area contributed by atoms with Gasteiger partial charge in [-0.25, -0.2) is 9.37 Å². The van der Waals surface area contributed by atoms with Gasteiger partial charge in [0, 0.05) is 17.1 Å². The molecule has 4 rings (SSSR count). The summed E-state index contributed by atoms with van der Waals surface area (Å²) in [5, 5.41) is 10.4. The normalized spacial score (nSPS) is 23.2. The fourth-order valence-corrected chi connectivity index (χ4v) is 5.10. The molecule has 1 saturated heterocycles. The van der Waals surface area contributed by atoms with Gasteiger partial charge in [0.1, 0.15) is 22.0 Å². The molecule has 0 spiro atoms. The second-order valence-corrected chi connectivity index (χ2v) is 10.9. The van der Waals surface area contributed by atoms with Crippen LogP contribution in [0.3, 0.4) is 0 Å². The lowest BCUT2D eigenvalue weighted by Crippen LogP contribution is -2.52. The summed E-state index contributed by atoms with van der Waals surface area (Å²) in [5.41, 5.74) is -0.867. The van der Waals surface area contributed by atoms with Crippen molar-refractivity contribution in [2.75, 3.05) is 0 Å². The predicted octanol–water partition coefficient (Wildman–Crippen LogP) is 5.28. The number of aromatic nitrogens is 3. The molecular formula is C24H29FN4O3S. The molecule has 0 unspecified atom stereocenters. The quantitative estimate of drug-likeness (QED) is 0.488. The maximum Gasteiger partial charge on any atom is 0.326 e. The largest absolute Gasteiger partial charge is 0.459 e. The van der Waals surface area contributed by atoms with Crippen LogP contribution in [0.2, 0.25) is 0 Å². The van der Waals surface area contributed by atoms with E-state index < -0.39 is 11.1 Å². The van der Waals surface area contributed by atoms with Crippen LogP contribution in [0.25, 0.3) is 11.4 Å². The zero-order valence-corrected chi connectivity index (χ0v) is 20.3. The van der Waals surface area contributed by atoms with Gasteiger partial charge in [0.05, 0.1) is 12.0 Å². The topological polar surface area (TPSA) is 90.1 Å². The van der Waals surface area contributed by atoms with Crippen LogP contribution >= 0.6 is 11.3 Å². The Balaban J connectivity index is 1.71. The number of ether oxygens (including phenoxy) is 1. The van der Waals surface area contributed by atoms with Gasteiger partial charge in [-0.3, -0.25) is 10.1 Å². The Kier molecular flexibility index (Phi) is 6.37. The molecule has 0 amide bonds. The van der Waals surface area contributed by atoms with Crippen LogP contribution in [-0.4, -0.2) is 32.2 Å². The number of esters is 1. The zero-order chi connectivity index (χ0) is 23.8. The number of nitrogens with zero attached hydrogens (tertiary/aromatic N) is 3. The highest BCUT2D eigenvalue weighted by Gasteiger charge is 2.54. The van der Waals surface area contributed by atoms with Crippen LogP contribution < -0.4 is 5.32 Å². The first-order valence-electron chi connectivity index (χ1n) is 11.1. The van der Waals surface area contributed by atoms with Crippen LogP contribution in [-0.2, 0) is 9.53 Å². The molecule has 176 valence electrons. The van der Waals surface area contributed by atoms with Crippen molar-refractivity contribution in [1.29, 1.82) is 0 Å². The van der Waals surface area contributed by atoms with E-state index in [1.807, 2.05) is 26.2 Å². The summed E-state index contributed by atoms with van der Waals surface area (Å²) in [6, 6.07) is 5.66. The standard InChI is InChI=1S/C24H29FN4O3S/c1-14(2)12-24(22(30)31-23(3,4)5)13-17(18(28-24)21-26-10-11-33-21)20-27-19(29-32-20)15-6-8-16(25)9-7-15/h6-11,14,17-18,28H,12-13H2,1-5H3/t17-,18+,24-/m0/s1. The number of benzene rings is 1. The molecule has 1 aromatic carbocycles. The lowest BCUT2D eigenvalue weighted by molar-refractivity contribution is -0.163. The number of thiazole rings is 1. The van der Waals surface area contributed by atoms with E-state index in [0.717, 1.165) is 5.01 Å².